The van der Waals surface area contributed by atoms with Gasteiger partial charge in [-0.15, -0.1) is 0 Å². The lowest BCUT2D eigenvalue weighted by molar-refractivity contribution is -0.164. The third-order valence-electron chi connectivity index (χ3n) is 4.19. The Labute approximate surface area is 231 Å². The molecule has 0 saturated carbocycles. The van der Waals surface area contributed by atoms with Crippen molar-refractivity contribution in [3.05, 3.63) is 0 Å². The summed E-state index contributed by atoms with van der Waals surface area (Å²) < 4.78 is 0. The highest BCUT2D eigenvalue weighted by molar-refractivity contribution is 7.80. The van der Waals surface area contributed by atoms with Crippen LogP contribution in [0.5, 0.6) is 0 Å². The lowest BCUT2D eigenvalue weighted by atomic mass is 10.0. The van der Waals surface area contributed by atoms with Crippen LogP contribution in [0.15, 0.2) is 0 Å². The summed E-state index contributed by atoms with van der Waals surface area (Å²) in [6.45, 7) is -3.09. The zero-order valence-corrected chi connectivity index (χ0v) is 21.7. The lowest BCUT2D eigenvalue weighted by Crippen LogP contribution is -2.48. The van der Waals surface area contributed by atoms with E-state index in [4.69, 9.17) is 61.9 Å². The van der Waals surface area contributed by atoms with Crippen LogP contribution < -0.4 is 5.73 Å². The fraction of sp³-hybridized carbons (Fsp3) is 0.684. The summed E-state index contributed by atoms with van der Waals surface area (Å²) in [6.07, 6.45) is -7.84. The maximum atomic E-state index is 10.6. The number of aliphatic carboxylic acids is 6. The van der Waals surface area contributed by atoms with Gasteiger partial charge >= 0.3 is 35.8 Å². The molecule has 5 atom stereocenters. The molecule has 20 nitrogen and oxygen atoms in total. The number of nitrogens with zero attached hydrogens (tertiary/aromatic N) is 2. The average molecular weight is 610 g/mol. The summed E-state index contributed by atoms with van der Waals surface area (Å²) in [4.78, 5) is 64.2. The van der Waals surface area contributed by atoms with Crippen molar-refractivity contribution in [1.29, 1.82) is 0 Å². The number of thiol groups is 1. The van der Waals surface area contributed by atoms with E-state index in [2.05, 4.69) is 12.6 Å². The summed E-state index contributed by atoms with van der Waals surface area (Å²) in [5.74, 6) is -7.45. The van der Waals surface area contributed by atoms with E-state index in [0.717, 1.165) is 9.80 Å². The average Bonchev–Trinajstić information content (AvgIpc) is 2.83. The van der Waals surface area contributed by atoms with Gasteiger partial charge in [-0.05, 0) is 0 Å². The van der Waals surface area contributed by atoms with E-state index >= 15 is 0 Å². The van der Waals surface area contributed by atoms with Crippen molar-refractivity contribution in [3.8, 4) is 0 Å². The van der Waals surface area contributed by atoms with Crippen LogP contribution in [0.2, 0.25) is 0 Å². The first-order valence-corrected chi connectivity index (χ1v) is 11.4. The van der Waals surface area contributed by atoms with Crippen LogP contribution in [0.4, 0.5) is 0 Å². The molecule has 0 aliphatic rings. The minimum Gasteiger partial charge on any atom is -0.480 e. The summed E-state index contributed by atoms with van der Waals surface area (Å²) in [5, 5.41) is 94.3. The van der Waals surface area contributed by atoms with Gasteiger partial charge in [0.2, 0.25) is 0 Å². The molecule has 0 saturated heterocycles. The van der Waals surface area contributed by atoms with Gasteiger partial charge in [-0.25, -0.2) is 4.79 Å². The fourth-order valence-electron chi connectivity index (χ4n) is 2.22. The van der Waals surface area contributed by atoms with Crippen molar-refractivity contribution in [1.82, 2.24) is 9.80 Å². The van der Waals surface area contributed by atoms with Crippen molar-refractivity contribution in [2.45, 2.75) is 30.5 Å². The number of carbonyl (C=O) groups is 6. The molecule has 0 unspecified atom stereocenters. The van der Waals surface area contributed by atoms with Crippen molar-refractivity contribution in [3.63, 3.8) is 0 Å². The van der Waals surface area contributed by atoms with Crippen LogP contribution in [0, 0.1) is 0 Å². The molecule has 0 heterocycles. The zero-order chi connectivity index (χ0) is 32.2. The second-order valence-electron chi connectivity index (χ2n) is 7.64. The maximum absolute atomic E-state index is 10.6. The molecule has 0 amide bonds. The standard InChI is InChI=1S/C10H16N2O8.C6H12O7.C3H7NO2S/c13-7(14)3-11(4-8(15)16)1-2-12(5-9(17)18)6-10(19)20;7-1-2(8)3(9)4(10)5(11)6(12)13;4-2(1-7)3(5)6/h1-6H2,(H,13,14)(H,15,16)(H,17,18)(H,19,20);2-5,7-11H,1H2,(H,12,13);2,7H,1,4H2,(H,5,6)/t;2-,3-,4+,5-;2-/m.10/s1. The lowest BCUT2D eigenvalue weighted by Gasteiger charge is -2.23. The molecule has 0 aromatic carbocycles. The quantitative estimate of drug-likeness (QED) is 0.0642. The van der Waals surface area contributed by atoms with E-state index in [9.17, 15) is 28.8 Å². The fourth-order valence-corrected chi connectivity index (χ4v) is 2.38. The monoisotopic (exact) mass is 609 g/mol. The number of carboxylic acids is 6. The first-order valence-electron chi connectivity index (χ1n) is 10.8. The van der Waals surface area contributed by atoms with Crippen molar-refractivity contribution in [2.75, 3.05) is 51.6 Å². The minimum absolute atomic E-state index is 0.0703. The summed E-state index contributed by atoms with van der Waals surface area (Å²) in [5.41, 5.74) is 4.94. The maximum Gasteiger partial charge on any atom is 0.335 e. The molecule has 0 aliphatic carbocycles. The molecule has 40 heavy (non-hydrogen) atoms. The van der Waals surface area contributed by atoms with E-state index in [1.54, 1.807) is 0 Å². The van der Waals surface area contributed by atoms with Gasteiger partial charge in [-0.1, -0.05) is 0 Å². The molecule has 0 aliphatic heterocycles. The number of aliphatic hydroxyl groups is 5. The second-order valence-corrected chi connectivity index (χ2v) is 8.00. The van der Waals surface area contributed by atoms with Gasteiger partial charge < -0.3 is 61.9 Å². The zero-order valence-electron chi connectivity index (χ0n) is 20.8. The molecule has 0 aromatic rings. The summed E-state index contributed by atoms with van der Waals surface area (Å²) >= 11 is 3.65. The Kier molecular flexibility index (Phi) is 23.4. The highest BCUT2D eigenvalue weighted by atomic mass is 32.1. The van der Waals surface area contributed by atoms with Crippen LogP contribution in [0.1, 0.15) is 0 Å². The Bertz CT molecular complexity index is 749. The molecule has 0 fully saturated rings. The Balaban J connectivity index is -0.000000583. The number of nitrogens with two attached hydrogens (primary N) is 1. The third-order valence-corrected chi connectivity index (χ3v) is 4.58. The number of aliphatic hydroxyl groups excluding tert-OH is 5. The van der Waals surface area contributed by atoms with E-state index in [1.165, 1.54) is 0 Å². The van der Waals surface area contributed by atoms with E-state index in [1.807, 2.05) is 0 Å². The summed E-state index contributed by atoms with van der Waals surface area (Å²) in [7, 11) is 0. The minimum atomic E-state index is -2.20. The predicted molar refractivity (Wildman–Crippen MR) is 132 cm³/mol. The number of hydrogen-bond acceptors (Lipinski definition) is 15. The highest BCUT2D eigenvalue weighted by Gasteiger charge is 2.33. The topological polar surface area (TPSA) is 357 Å². The molecular weight excluding hydrogens is 574 g/mol. The number of rotatable bonds is 18. The van der Waals surface area contributed by atoms with Crippen molar-refractivity contribution < 1.29 is 84.9 Å². The smallest absolute Gasteiger partial charge is 0.335 e. The SMILES string of the molecule is N[C@@H](CS)C(=O)O.O=C(O)CN(CCN(CC(=O)O)CC(=O)O)CC(=O)O.O=C(O)[C@H](O)[C@@H](O)[C@H](O)[C@H](O)CO. The van der Waals surface area contributed by atoms with Crippen molar-refractivity contribution in [2.24, 2.45) is 5.73 Å². The second kappa shape index (κ2) is 22.6. The first kappa shape index (κ1) is 41.3. The number of hydrogen-bond donors (Lipinski definition) is 13. The molecule has 0 rings (SSSR count). The first-order chi connectivity index (χ1) is 18.3. The van der Waals surface area contributed by atoms with Gasteiger partial charge in [0.1, 0.15) is 24.4 Å². The Morgan fingerprint density at radius 2 is 0.950 bits per heavy atom. The molecule has 0 aromatic heterocycles. The van der Waals surface area contributed by atoms with Gasteiger partial charge in [0.15, 0.2) is 6.10 Å². The van der Waals surface area contributed by atoms with Gasteiger partial charge in [0.25, 0.3) is 0 Å². The van der Waals surface area contributed by atoms with Crippen LogP contribution >= 0.6 is 12.6 Å². The largest absolute Gasteiger partial charge is 0.480 e. The summed E-state index contributed by atoms with van der Waals surface area (Å²) in [6, 6.07) is -0.816. The van der Waals surface area contributed by atoms with Crippen LogP contribution in [0.3, 0.4) is 0 Å². The van der Waals surface area contributed by atoms with Crippen LogP contribution in [-0.2, 0) is 28.8 Å². The Morgan fingerprint density at radius 1 is 0.625 bits per heavy atom. The molecule has 21 heteroatoms. The molecule has 0 spiro atoms. The van der Waals surface area contributed by atoms with Crippen molar-refractivity contribution >= 4 is 48.4 Å². The van der Waals surface area contributed by atoms with Gasteiger partial charge in [-0.3, -0.25) is 33.8 Å². The Hall–Kier alpha value is -3.15. The van der Waals surface area contributed by atoms with E-state index < -0.39 is 99.1 Å². The van der Waals surface area contributed by atoms with Crippen LogP contribution in [0.25, 0.3) is 0 Å². The molecule has 0 bridgehead atoms. The molecular formula is C19H35N3O17S. The molecule has 13 N–H and O–H groups in total. The third kappa shape index (κ3) is 22.8. The predicted octanol–water partition coefficient (Wildman–Crippen LogP) is -6.24. The number of carboxylic acid groups (broad SMARTS) is 6. The van der Waals surface area contributed by atoms with Crippen LogP contribution in [-0.4, -0.2) is 184 Å². The van der Waals surface area contributed by atoms with E-state index in [-0.39, 0.29) is 18.8 Å². The van der Waals surface area contributed by atoms with Gasteiger partial charge in [0, 0.05) is 18.8 Å². The van der Waals surface area contributed by atoms with E-state index in [0.29, 0.717) is 0 Å². The van der Waals surface area contributed by atoms with Gasteiger partial charge in [0.05, 0.1) is 32.8 Å². The van der Waals surface area contributed by atoms with Gasteiger partial charge in [-0.2, -0.15) is 12.6 Å². The molecule has 234 valence electrons. The Morgan fingerprint density at radius 3 is 1.12 bits per heavy atom. The highest BCUT2D eigenvalue weighted by Crippen LogP contribution is 2.04. The molecule has 0 radical (unpaired) electrons. The normalized spacial score (nSPS) is 14.3.